The van der Waals surface area contributed by atoms with E-state index in [-0.39, 0.29) is 18.4 Å². The molecule has 2 aromatic carbocycles. The molecule has 0 aliphatic carbocycles. The zero-order chi connectivity index (χ0) is 20.1. The number of benzene rings is 2. The van der Waals surface area contributed by atoms with Crippen LogP contribution in [0, 0.1) is 0 Å². The van der Waals surface area contributed by atoms with Gasteiger partial charge in [0.05, 0.1) is 11.4 Å². The van der Waals surface area contributed by atoms with Crippen molar-refractivity contribution < 1.29 is 4.79 Å². The lowest BCUT2D eigenvalue weighted by Gasteiger charge is -2.14. The van der Waals surface area contributed by atoms with E-state index in [1.165, 1.54) is 5.56 Å². The van der Waals surface area contributed by atoms with Gasteiger partial charge in [0.2, 0.25) is 5.91 Å². The van der Waals surface area contributed by atoms with Crippen LogP contribution in [-0.4, -0.2) is 22.0 Å². The number of carbonyl (C=O) groups is 1. The van der Waals surface area contributed by atoms with Crippen LogP contribution in [0.15, 0.2) is 84.4 Å². The SMILES string of the molecule is C[C@@H](CNC(=O)Cn1cccc1-c1nc(-c2ccccc2)cs1)c1ccccc1. The molecular formula is C24H23N3OS. The molecule has 146 valence electrons. The van der Waals surface area contributed by atoms with Crippen LogP contribution in [0.25, 0.3) is 22.0 Å². The average Bonchev–Trinajstić information content (AvgIpc) is 3.43. The highest BCUT2D eigenvalue weighted by Crippen LogP contribution is 2.29. The van der Waals surface area contributed by atoms with Crippen LogP contribution in [-0.2, 0) is 11.3 Å². The lowest BCUT2D eigenvalue weighted by Crippen LogP contribution is -2.30. The maximum absolute atomic E-state index is 12.5. The van der Waals surface area contributed by atoms with Gasteiger partial charge < -0.3 is 9.88 Å². The van der Waals surface area contributed by atoms with Crippen LogP contribution < -0.4 is 5.32 Å². The van der Waals surface area contributed by atoms with Gasteiger partial charge in [0.25, 0.3) is 0 Å². The fraction of sp³-hybridized carbons (Fsp3) is 0.167. The van der Waals surface area contributed by atoms with Crippen molar-refractivity contribution in [1.82, 2.24) is 14.9 Å². The van der Waals surface area contributed by atoms with Gasteiger partial charge in [0.15, 0.2) is 0 Å². The van der Waals surface area contributed by atoms with Gasteiger partial charge in [-0.05, 0) is 23.6 Å². The van der Waals surface area contributed by atoms with E-state index in [1.54, 1.807) is 11.3 Å². The minimum Gasteiger partial charge on any atom is -0.354 e. The lowest BCUT2D eigenvalue weighted by atomic mass is 10.0. The molecular weight excluding hydrogens is 378 g/mol. The molecule has 0 radical (unpaired) electrons. The Labute approximate surface area is 174 Å². The Bertz CT molecular complexity index is 1070. The quantitative estimate of drug-likeness (QED) is 0.463. The standard InChI is InChI=1S/C24H23N3OS/c1-18(19-9-4-2-5-10-19)15-25-23(28)16-27-14-8-13-22(27)24-26-21(17-29-24)20-11-6-3-7-12-20/h2-14,17-18H,15-16H2,1H3,(H,25,28)/t18-/m0/s1. The smallest absolute Gasteiger partial charge is 0.239 e. The summed E-state index contributed by atoms with van der Waals surface area (Å²) < 4.78 is 1.95. The molecule has 0 unspecified atom stereocenters. The fourth-order valence-corrected chi connectivity index (χ4v) is 4.13. The van der Waals surface area contributed by atoms with Crippen LogP contribution in [0.4, 0.5) is 0 Å². The van der Waals surface area contributed by atoms with Gasteiger partial charge in [0.1, 0.15) is 11.6 Å². The highest BCUT2D eigenvalue weighted by Gasteiger charge is 2.13. The summed E-state index contributed by atoms with van der Waals surface area (Å²) in [4.78, 5) is 17.3. The van der Waals surface area contributed by atoms with Gasteiger partial charge in [0, 0.05) is 23.7 Å². The second-order valence-electron chi connectivity index (χ2n) is 7.04. The number of thiazole rings is 1. The number of carbonyl (C=O) groups excluding carboxylic acids is 1. The van der Waals surface area contributed by atoms with Crippen molar-refractivity contribution >= 4 is 17.2 Å². The Morgan fingerprint density at radius 3 is 2.52 bits per heavy atom. The van der Waals surface area contributed by atoms with Gasteiger partial charge in [-0.2, -0.15) is 0 Å². The molecule has 0 saturated carbocycles. The number of nitrogens with zero attached hydrogens (tertiary/aromatic N) is 2. The summed E-state index contributed by atoms with van der Waals surface area (Å²) in [5.41, 5.74) is 4.24. The summed E-state index contributed by atoms with van der Waals surface area (Å²) in [5.74, 6) is 0.279. The Balaban J connectivity index is 1.41. The van der Waals surface area contributed by atoms with Crippen LogP contribution in [0.1, 0.15) is 18.4 Å². The zero-order valence-electron chi connectivity index (χ0n) is 16.3. The number of amides is 1. The number of aromatic nitrogens is 2. The predicted octanol–water partition coefficient (Wildman–Crippen LogP) is 5.20. The van der Waals surface area contributed by atoms with Crippen LogP contribution in [0.2, 0.25) is 0 Å². The van der Waals surface area contributed by atoms with Crippen LogP contribution in [0.5, 0.6) is 0 Å². The summed E-state index contributed by atoms with van der Waals surface area (Å²) >= 11 is 1.60. The summed E-state index contributed by atoms with van der Waals surface area (Å²) in [6.07, 6.45) is 1.93. The molecule has 0 fully saturated rings. The Morgan fingerprint density at radius 2 is 1.76 bits per heavy atom. The first-order valence-electron chi connectivity index (χ1n) is 9.69. The van der Waals surface area contributed by atoms with Crippen molar-refractivity contribution in [1.29, 1.82) is 0 Å². The van der Waals surface area contributed by atoms with Gasteiger partial charge >= 0.3 is 0 Å². The van der Waals surface area contributed by atoms with Gasteiger partial charge in [-0.1, -0.05) is 67.6 Å². The number of hydrogen-bond donors (Lipinski definition) is 1. The zero-order valence-corrected chi connectivity index (χ0v) is 17.1. The van der Waals surface area contributed by atoms with Gasteiger partial charge in [-0.3, -0.25) is 4.79 Å². The van der Waals surface area contributed by atoms with Crippen LogP contribution in [0.3, 0.4) is 0 Å². The van der Waals surface area contributed by atoms with Crippen molar-refractivity contribution in [3.05, 3.63) is 89.9 Å². The Hall–Kier alpha value is -3.18. The van der Waals surface area contributed by atoms with Crippen LogP contribution >= 0.6 is 11.3 Å². The molecule has 1 N–H and O–H groups in total. The molecule has 1 atom stereocenters. The Morgan fingerprint density at radius 1 is 1.03 bits per heavy atom. The van der Waals surface area contributed by atoms with Crippen molar-refractivity contribution in [2.75, 3.05) is 6.54 Å². The second-order valence-corrected chi connectivity index (χ2v) is 7.90. The monoisotopic (exact) mass is 401 g/mol. The fourth-order valence-electron chi connectivity index (χ4n) is 3.26. The highest BCUT2D eigenvalue weighted by atomic mass is 32.1. The third kappa shape index (κ3) is 4.63. The molecule has 4 rings (SSSR count). The van der Waals surface area contributed by atoms with E-state index in [2.05, 4.69) is 41.9 Å². The van der Waals surface area contributed by atoms with E-state index in [4.69, 9.17) is 4.98 Å². The summed E-state index contributed by atoms with van der Waals surface area (Å²) in [5, 5.41) is 6.03. The van der Waals surface area contributed by atoms with Crippen molar-refractivity contribution in [3.8, 4) is 22.0 Å². The Kier molecular flexibility index (Phi) is 5.86. The maximum Gasteiger partial charge on any atom is 0.239 e. The van der Waals surface area contributed by atoms with Crippen molar-refractivity contribution in [2.24, 2.45) is 0 Å². The second kappa shape index (κ2) is 8.88. The molecule has 4 aromatic rings. The number of hydrogen-bond acceptors (Lipinski definition) is 3. The third-order valence-corrected chi connectivity index (χ3v) is 5.78. The molecule has 0 bridgehead atoms. The molecule has 29 heavy (non-hydrogen) atoms. The lowest BCUT2D eigenvalue weighted by molar-refractivity contribution is -0.121. The first kappa shape index (κ1) is 19.2. The molecule has 0 saturated heterocycles. The third-order valence-electron chi connectivity index (χ3n) is 4.91. The first-order valence-corrected chi connectivity index (χ1v) is 10.6. The minimum absolute atomic E-state index is 0.00469. The topological polar surface area (TPSA) is 46.9 Å². The predicted molar refractivity (Wildman–Crippen MR) is 119 cm³/mol. The molecule has 0 aliphatic rings. The summed E-state index contributed by atoms with van der Waals surface area (Å²) in [6, 6.07) is 24.3. The van der Waals surface area contributed by atoms with E-state index in [1.807, 2.05) is 59.3 Å². The summed E-state index contributed by atoms with van der Waals surface area (Å²) in [6.45, 7) is 3.02. The first-order chi connectivity index (χ1) is 14.2. The molecule has 0 aliphatic heterocycles. The minimum atomic E-state index is 0.00469. The average molecular weight is 402 g/mol. The number of rotatable bonds is 7. The molecule has 1 amide bonds. The van der Waals surface area contributed by atoms with E-state index < -0.39 is 0 Å². The van der Waals surface area contributed by atoms with Gasteiger partial charge in [-0.15, -0.1) is 11.3 Å². The molecule has 2 heterocycles. The highest BCUT2D eigenvalue weighted by molar-refractivity contribution is 7.13. The van der Waals surface area contributed by atoms with Crippen molar-refractivity contribution in [2.45, 2.75) is 19.4 Å². The summed E-state index contributed by atoms with van der Waals surface area (Å²) in [7, 11) is 0. The van der Waals surface area contributed by atoms with E-state index >= 15 is 0 Å². The normalized spacial score (nSPS) is 11.9. The molecule has 0 spiro atoms. The van der Waals surface area contributed by atoms with E-state index in [9.17, 15) is 4.79 Å². The molecule has 5 heteroatoms. The van der Waals surface area contributed by atoms with Crippen molar-refractivity contribution in [3.63, 3.8) is 0 Å². The largest absolute Gasteiger partial charge is 0.354 e. The van der Waals surface area contributed by atoms with Gasteiger partial charge in [-0.25, -0.2) is 4.98 Å². The number of nitrogens with one attached hydrogen (secondary N) is 1. The van der Waals surface area contributed by atoms with E-state index in [0.29, 0.717) is 6.54 Å². The molecule has 4 nitrogen and oxygen atoms in total. The van der Waals surface area contributed by atoms with E-state index in [0.717, 1.165) is 22.0 Å². The maximum atomic E-state index is 12.5. The molecule has 2 aromatic heterocycles.